The molecule has 0 aliphatic heterocycles. The Morgan fingerprint density at radius 3 is 2.39 bits per heavy atom. The summed E-state index contributed by atoms with van der Waals surface area (Å²) in [5.74, 6) is 1.37. The molecule has 0 saturated heterocycles. The van der Waals surface area contributed by atoms with E-state index in [-0.39, 0.29) is 0 Å². The van der Waals surface area contributed by atoms with Crippen molar-refractivity contribution in [2.24, 2.45) is 0 Å². The molecule has 3 aromatic rings. The maximum atomic E-state index is 5.34. The van der Waals surface area contributed by atoms with Gasteiger partial charge in [-0.3, -0.25) is 0 Å². The van der Waals surface area contributed by atoms with Crippen molar-refractivity contribution in [2.45, 2.75) is 19.4 Å². The highest BCUT2D eigenvalue weighted by Gasteiger charge is 2.08. The van der Waals surface area contributed by atoms with E-state index in [1.165, 1.54) is 5.56 Å². The van der Waals surface area contributed by atoms with Gasteiger partial charge in [-0.15, -0.1) is 0 Å². The third kappa shape index (κ3) is 4.50. The van der Waals surface area contributed by atoms with Crippen LogP contribution in [0, 0.1) is 0 Å². The smallest absolute Gasteiger partial charge is 0.227 e. The molecule has 4 heteroatoms. The zero-order chi connectivity index (χ0) is 15.9. The second-order valence-corrected chi connectivity index (χ2v) is 5.70. The van der Waals surface area contributed by atoms with E-state index in [9.17, 15) is 0 Å². The van der Waals surface area contributed by atoms with Gasteiger partial charge in [-0.05, 0) is 25.6 Å². The van der Waals surface area contributed by atoms with Crippen LogP contribution in [-0.2, 0) is 13.0 Å². The lowest BCUT2D eigenvalue weighted by molar-refractivity contribution is 0.310. The zero-order valence-electron chi connectivity index (χ0n) is 13.4. The number of benzene rings is 2. The SMILES string of the molecule is CN(CCCc1nc(-c2ccccc2)no1)Cc1ccccc1. The molecule has 0 radical (unpaired) electrons. The summed E-state index contributed by atoms with van der Waals surface area (Å²) in [6, 6.07) is 20.4. The molecule has 0 atom stereocenters. The summed E-state index contributed by atoms with van der Waals surface area (Å²) in [6.07, 6.45) is 1.80. The molecule has 0 spiro atoms. The Morgan fingerprint density at radius 1 is 0.957 bits per heavy atom. The molecule has 2 aromatic carbocycles. The Bertz CT molecular complexity index is 710. The Labute approximate surface area is 136 Å². The average Bonchev–Trinajstić information content (AvgIpc) is 3.05. The van der Waals surface area contributed by atoms with Crippen molar-refractivity contribution >= 4 is 0 Å². The van der Waals surface area contributed by atoms with Crippen LogP contribution in [0.3, 0.4) is 0 Å². The van der Waals surface area contributed by atoms with E-state index in [2.05, 4.69) is 46.4 Å². The van der Waals surface area contributed by atoms with Gasteiger partial charge in [0.25, 0.3) is 0 Å². The van der Waals surface area contributed by atoms with Gasteiger partial charge in [0.2, 0.25) is 11.7 Å². The van der Waals surface area contributed by atoms with E-state index in [0.717, 1.165) is 31.5 Å². The van der Waals surface area contributed by atoms with Gasteiger partial charge >= 0.3 is 0 Å². The molecule has 0 saturated carbocycles. The van der Waals surface area contributed by atoms with Crippen LogP contribution in [0.4, 0.5) is 0 Å². The molecular weight excluding hydrogens is 286 g/mol. The number of aromatic nitrogens is 2. The van der Waals surface area contributed by atoms with Crippen molar-refractivity contribution in [1.29, 1.82) is 0 Å². The van der Waals surface area contributed by atoms with E-state index < -0.39 is 0 Å². The largest absolute Gasteiger partial charge is 0.339 e. The van der Waals surface area contributed by atoms with Crippen LogP contribution in [0.2, 0.25) is 0 Å². The Hall–Kier alpha value is -2.46. The summed E-state index contributed by atoms with van der Waals surface area (Å²) in [6.45, 7) is 1.96. The maximum Gasteiger partial charge on any atom is 0.227 e. The zero-order valence-corrected chi connectivity index (χ0v) is 13.4. The Morgan fingerprint density at radius 2 is 1.65 bits per heavy atom. The van der Waals surface area contributed by atoms with Crippen molar-refractivity contribution in [3.8, 4) is 11.4 Å². The molecule has 0 fully saturated rings. The van der Waals surface area contributed by atoms with Crippen molar-refractivity contribution in [3.05, 3.63) is 72.1 Å². The highest BCUT2D eigenvalue weighted by Crippen LogP contribution is 2.15. The van der Waals surface area contributed by atoms with E-state index in [4.69, 9.17) is 4.52 Å². The molecule has 4 nitrogen and oxygen atoms in total. The molecular formula is C19H21N3O. The van der Waals surface area contributed by atoms with Crippen molar-refractivity contribution in [2.75, 3.05) is 13.6 Å². The van der Waals surface area contributed by atoms with Crippen molar-refractivity contribution in [1.82, 2.24) is 15.0 Å². The fourth-order valence-electron chi connectivity index (χ4n) is 2.54. The van der Waals surface area contributed by atoms with E-state index in [1.54, 1.807) is 0 Å². The molecule has 118 valence electrons. The van der Waals surface area contributed by atoms with Gasteiger partial charge in [0.1, 0.15) is 0 Å². The molecule has 3 rings (SSSR count). The third-order valence-electron chi connectivity index (χ3n) is 3.73. The van der Waals surface area contributed by atoms with Gasteiger partial charge in [0, 0.05) is 18.5 Å². The first kappa shape index (κ1) is 15.4. The van der Waals surface area contributed by atoms with Crippen LogP contribution in [0.25, 0.3) is 11.4 Å². The maximum absolute atomic E-state index is 5.34. The minimum absolute atomic E-state index is 0.665. The number of hydrogen-bond acceptors (Lipinski definition) is 4. The lowest BCUT2D eigenvalue weighted by atomic mass is 10.2. The number of aryl methyl sites for hydroxylation is 1. The number of rotatable bonds is 7. The van der Waals surface area contributed by atoms with E-state index >= 15 is 0 Å². The normalized spacial score (nSPS) is 11.0. The highest BCUT2D eigenvalue weighted by atomic mass is 16.5. The molecule has 1 aromatic heterocycles. The Balaban J connectivity index is 1.47. The molecule has 0 amide bonds. The highest BCUT2D eigenvalue weighted by molar-refractivity contribution is 5.53. The van der Waals surface area contributed by atoms with E-state index in [0.29, 0.717) is 11.7 Å². The predicted molar refractivity (Wildman–Crippen MR) is 90.8 cm³/mol. The second kappa shape index (κ2) is 7.70. The molecule has 0 aliphatic rings. The van der Waals surface area contributed by atoms with Crippen LogP contribution in [-0.4, -0.2) is 28.6 Å². The van der Waals surface area contributed by atoms with Gasteiger partial charge in [0.05, 0.1) is 0 Å². The predicted octanol–water partition coefficient (Wildman–Crippen LogP) is 3.80. The van der Waals surface area contributed by atoms with Crippen LogP contribution in [0.15, 0.2) is 65.2 Å². The van der Waals surface area contributed by atoms with Gasteiger partial charge in [-0.2, -0.15) is 4.98 Å². The van der Waals surface area contributed by atoms with Crippen LogP contribution < -0.4 is 0 Å². The number of hydrogen-bond donors (Lipinski definition) is 0. The third-order valence-corrected chi connectivity index (χ3v) is 3.73. The first-order valence-electron chi connectivity index (χ1n) is 7.92. The summed E-state index contributed by atoms with van der Waals surface area (Å²) in [7, 11) is 2.14. The van der Waals surface area contributed by atoms with E-state index in [1.807, 2.05) is 36.4 Å². The monoisotopic (exact) mass is 307 g/mol. The molecule has 0 bridgehead atoms. The summed E-state index contributed by atoms with van der Waals surface area (Å²) >= 11 is 0. The molecule has 0 unspecified atom stereocenters. The van der Waals surface area contributed by atoms with Gasteiger partial charge in [0.15, 0.2) is 0 Å². The van der Waals surface area contributed by atoms with Gasteiger partial charge in [-0.25, -0.2) is 0 Å². The van der Waals surface area contributed by atoms with Crippen LogP contribution in [0.1, 0.15) is 17.9 Å². The fourth-order valence-corrected chi connectivity index (χ4v) is 2.54. The minimum Gasteiger partial charge on any atom is -0.339 e. The Kier molecular flexibility index (Phi) is 5.17. The van der Waals surface area contributed by atoms with Crippen LogP contribution in [0.5, 0.6) is 0 Å². The molecule has 1 heterocycles. The van der Waals surface area contributed by atoms with Crippen molar-refractivity contribution in [3.63, 3.8) is 0 Å². The quantitative estimate of drug-likeness (QED) is 0.666. The first-order chi connectivity index (χ1) is 11.3. The lowest BCUT2D eigenvalue weighted by Gasteiger charge is -2.15. The lowest BCUT2D eigenvalue weighted by Crippen LogP contribution is -2.19. The topological polar surface area (TPSA) is 42.2 Å². The second-order valence-electron chi connectivity index (χ2n) is 5.70. The van der Waals surface area contributed by atoms with Gasteiger partial charge in [-0.1, -0.05) is 65.8 Å². The summed E-state index contributed by atoms with van der Waals surface area (Å²) in [5.41, 5.74) is 2.32. The average molecular weight is 307 g/mol. The van der Waals surface area contributed by atoms with Gasteiger partial charge < -0.3 is 9.42 Å². The first-order valence-corrected chi connectivity index (χ1v) is 7.92. The molecule has 0 aliphatic carbocycles. The summed E-state index contributed by atoms with van der Waals surface area (Å²) in [5, 5.41) is 4.05. The fraction of sp³-hybridized carbons (Fsp3) is 0.263. The molecule has 0 N–H and O–H groups in total. The minimum atomic E-state index is 0.665. The standard InChI is InChI=1S/C19H21N3O/c1-22(15-16-9-4-2-5-10-16)14-8-13-18-20-19(21-23-18)17-11-6-3-7-12-17/h2-7,9-12H,8,13-15H2,1H3. The summed E-state index contributed by atoms with van der Waals surface area (Å²) < 4.78 is 5.34. The summed E-state index contributed by atoms with van der Waals surface area (Å²) in [4.78, 5) is 6.77. The van der Waals surface area contributed by atoms with Crippen molar-refractivity contribution < 1.29 is 4.52 Å². The van der Waals surface area contributed by atoms with Crippen LogP contribution >= 0.6 is 0 Å². The molecule has 23 heavy (non-hydrogen) atoms. The number of nitrogens with zero attached hydrogens (tertiary/aromatic N) is 3.